The Morgan fingerprint density at radius 2 is 1.90 bits per heavy atom. The van der Waals surface area contributed by atoms with Crippen molar-refractivity contribution in [1.82, 2.24) is 5.32 Å². The number of hydrogen-bond acceptors (Lipinski definition) is 1. The maximum Gasteiger partial charge on any atom is 0.252 e. The van der Waals surface area contributed by atoms with Gasteiger partial charge in [-0.2, -0.15) is 0 Å². The second-order valence-electron chi connectivity index (χ2n) is 4.83. The van der Waals surface area contributed by atoms with Crippen molar-refractivity contribution in [2.45, 2.75) is 19.4 Å². The average molecular weight is 387 g/mol. The molecule has 110 valence electrons. The molecule has 0 spiro atoms. The number of benzene rings is 2. The Bertz CT molecular complexity index is 660. The van der Waals surface area contributed by atoms with Crippen molar-refractivity contribution >= 4 is 45.0 Å². The van der Waals surface area contributed by atoms with Crippen LogP contribution in [0.15, 0.2) is 46.9 Å². The lowest BCUT2D eigenvalue weighted by atomic mass is 10.1. The zero-order chi connectivity index (χ0) is 15.4. The maximum absolute atomic E-state index is 12.2. The molecule has 1 N–H and O–H groups in total. The average Bonchev–Trinajstić information content (AvgIpc) is 2.38. The summed E-state index contributed by atoms with van der Waals surface area (Å²) in [7, 11) is 0. The molecule has 0 aromatic heterocycles. The van der Waals surface area contributed by atoms with Gasteiger partial charge in [0, 0.05) is 20.6 Å². The van der Waals surface area contributed by atoms with Gasteiger partial charge in [0.05, 0.1) is 5.56 Å². The smallest absolute Gasteiger partial charge is 0.252 e. The topological polar surface area (TPSA) is 29.1 Å². The number of hydrogen-bond donors (Lipinski definition) is 1. The SMILES string of the molecule is CC(Cc1cccc(Cl)c1)NC(=O)c1ccc(Cl)cc1Br. The van der Waals surface area contributed by atoms with E-state index in [1.807, 2.05) is 31.2 Å². The Kier molecular flexibility index (Phi) is 5.68. The number of carbonyl (C=O) groups excluding carboxylic acids is 1. The van der Waals surface area contributed by atoms with Gasteiger partial charge in [-0.1, -0.05) is 35.3 Å². The third-order valence-corrected chi connectivity index (χ3v) is 4.11. The van der Waals surface area contributed by atoms with Crippen molar-refractivity contribution in [3.05, 3.63) is 68.1 Å². The molecule has 0 aliphatic rings. The highest BCUT2D eigenvalue weighted by atomic mass is 79.9. The third-order valence-electron chi connectivity index (χ3n) is 2.98. The van der Waals surface area contributed by atoms with Crippen molar-refractivity contribution in [3.63, 3.8) is 0 Å². The molecular formula is C16H14BrCl2NO. The molecule has 0 fully saturated rings. The summed E-state index contributed by atoms with van der Waals surface area (Å²) in [5.41, 5.74) is 1.66. The van der Waals surface area contributed by atoms with Crippen LogP contribution in [0.2, 0.25) is 10.0 Å². The quantitative estimate of drug-likeness (QED) is 0.776. The Morgan fingerprint density at radius 3 is 2.57 bits per heavy atom. The van der Waals surface area contributed by atoms with E-state index < -0.39 is 0 Å². The molecule has 0 bridgehead atoms. The molecule has 0 heterocycles. The summed E-state index contributed by atoms with van der Waals surface area (Å²) in [6.07, 6.45) is 0.720. The highest BCUT2D eigenvalue weighted by Crippen LogP contribution is 2.21. The predicted octanol–water partition coefficient (Wildman–Crippen LogP) is 5.12. The van der Waals surface area contributed by atoms with E-state index in [4.69, 9.17) is 23.2 Å². The third kappa shape index (κ3) is 4.73. The summed E-state index contributed by atoms with van der Waals surface area (Å²) < 4.78 is 0.683. The molecule has 2 aromatic carbocycles. The Balaban J connectivity index is 2.02. The highest BCUT2D eigenvalue weighted by Gasteiger charge is 2.13. The number of halogens is 3. The zero-order valence-electron chi connectivity index (χ0n) is 11.4. The summed E-state index contributed by atoms with van der Waals surface area (Å²) in [5, 5.41) is 4.26. The summed E-state index contributed by atoms with van der Waals surface area (Å²) in [6.45, 7) is 1.96. The first-order chi connectivity index (χ1) is 9.95. The van der Waals surface area contributed by atoms with E-state index in [1.165, 1.54) is 0 Å². The molecule has 2 aromatic rings. The van der Waals surface area contributed by atoms with Crippen LogP contribution >= 0.6 is 39.1 Å². The van der Waals surface area contributed by atoms with Gasteiger partial charge in [-0.05, 0) is 65.2 Å². The maximum atomic E-state index is 12.2. The predicted molar refractivity (Wildman–Crippen MR) is 91.2 cm³/mol. The fourth-order valence-corrected chi connectivity index (χ4v) is 3.12. The lowest BCUT2D eigenvalue weighted by Gasteiger charge is -2.15. The first-order valence-electron chi connectivity index (χ1n) is 6.46. The normalized spacial score (nSPS) is 12.0. The number of amides is 1. The van der Waals surface area contributed by atoms with Gasteiger partial charge in [-0.3, -0.25) is 4.79 Å². The standard InChI is InChI=1S/C16H14BrCl2NO/c1-10(7-11-3-2-4-12(18)8-11)20-16(21)14-6-5-13(19)9-15(14)17/h2-6,8-10H,7H2,1H3,(H,20,21). The van der Waals surface area contributed by atoms with Gasteiger partial charge < -0.3 is 5.32 Å². The number of rotatable bonds is 4. The van der Waals surface area contributed by atoms with Crippen LogP contribution < -0.4 is 5.32 Å². The Labute approximate surface area is 142 Å². The van der Waals surface area contributed by atoms with Gasteiger partial charge in [-0.25, -0.2) is 0 Å². The van der Waals surface area contributed by atoms with Crippen LogP contribution in [0.25, 0.3) is 0 Å². The summed E-state index contributed by atoms with van der Waals surface area (Å²) in [6, 6.07) is 12.7. The second kappa shape index (κ2) is 7.30. The lowest BCUT2D eigenvalue weighted by Crippen LogP contribution is -2.34. The first-order valence-corrected chi connectivity index (χ1v) is 8.01. The van der Waals surface area contributed by atoms with Crippen molar-refractivity contribution < 1.29 is 4.79 Å². The van der Waals surface area contributed by atoms with E-state index in [0.717, 1.165) is 12.0 Å². The van der Waals surface area contributed by atoms with Crippen LogP contribution in [0.4, 0.5) is 0 Å². The van der Waals surface area contributed by atoms with Crippen molar-refractivity contribution in [2.24, 2.45) is 0 Å². The molecular weight excluding hydrogens is 373 g/mol. The van der Waals surface area contributed by atoms with Gasteiger partial charge in [0.2, 0.25) is 0 Å². The van der Waals surface area contributed by atoms with E-state index in [9.17, 15) is 4.79 Å². The number of carbonyl (C=O) groups is 1. The van der Waals surface area contributed by atoms with Crippen LogP contribution in [0.5, 0.6) is 0 Å². The van der Waals surface area contributed by atoms with E-state index in [0.29, 0.717) is 20.1 Å². The molecule has 0 aliphatic heterocycles. The monoisotopic (exact) mass is 385 g/mol. The van der Waals surface area contributed by atoms with E-state index >= 15 is 0 Å². The van der Waals surface area contributed by atoms with Crippen LogP contribution in [0.3, 0.4) is 0 Å². The van der Waals surface area contributed by atoms with Gasteiger partial charge in [-0.15, -0.1) is 0 Å². The molecule has 21 heavy (non-hydrogen) atoms. The van der Waals surface area contributed by atoms with Gasteiger partial charge in [0.1, 0.15) is 0 Å². The van der Waals surface area contributed by atoms with E-state index in [1.54, 1.807) is 18.2 Å². The molecule has 0 aliphatic carbocycles. The fraction of sp³-hybridized carbons (Fsp3) is 0.188. The summed E-state index contributed by atoms with van der Waals surface area (Å²) >= 11 is 15.2. The minimum Gasteiger partial charge on any atom is -0.349 e. The Morgan fingerprint density at radius 1 is 1.19 bits per heavy atom. The summed E-state index contributed by atoms with van der Waals surface area (Å²) in [5.74, 6) is -0.131. The molecule has 1 amide bonds. The molecule has 1 unspecified atom stereocenters. The lowest BCUT2D eigenvalue weighted by molar-refractivity contribution is 0.0939. The van der Waals surface area contributed by atoms with Crippen LogP contribution in [0, 0.1) is 0 Å². The van der Waals surface area contributed by atoms with Crippen LogP contribution in [0.1, 0.15) is 22.8 Å². The fourth-order valence-electron chi connectivity index (χ4n) is 2.04. The second-order valence-corrected chi connectivity index (χ2v) is 6.56. The van der Waals surface area contributed by atoms with Crippen molar-refractivity contribution in [3.8, 4) is 0 Å². The molecule has 1 atom stereocenters. The molecule has 0 saturated heterocycles. The van der Waals surface area contributed by atoms with Gasteiger partial charge in [0.15, 0.2) is 0 Å². The van der Waals surface area contributed by atoms with Crippen molar-refractivity contribution in [2.75, 3.05) is 0 Å². The molecule has 0 radical (unpaired) electrons. The summed E-state index contributed by atoms with van der Waals surface area (Å²) in [4.78, 5) is 12.2. The minimum absolute atomic E-state index is 0.00135. The van der Waals surface area contributed by atoms with E-state index in [-0.39, 0.29) is 11.9 Å². The Hall–Kier alpha value is -1.03. The molecule has 2 nitrogen and oxygen atoms in total. The van der Waals surface area contributed by atoms with Crippen molar-refractivity contribution in [1.29, 1.82) is 0 Å². The molecule has 0 saturated carbocycles. The minimum atomic E-state index is -0.131. The van der Waals surface area contributed by atoms with Crippen LogP contribution in [-0.2, 0) is 6.42 Å². The van der Waals surface area contributed by atoms with Crippen LogP contribution in [-0.4, -0.2) is 11.9 Å². The zero-order valence-corrected chi connectivity index (χ0v) is 14.5. The molecule has 5 heteroatoms. The van der Waals surface area contributed by atoms with E-state index in [2.05, 4.69) is 21.2 Å². The first kappa shape index (κ1) is 16.3. The largest absolute Gasteiger partial charge is 0.349 e. The van der Waals surface area contributed by atoms with Gasteiger partial charge in [0.25, 0.3) is 5.91 Å². The highest BCUT2D eigenvalue weighted by molar-refractivity contribution is 9.10. The number of nitrogens with one attached hydrogen (secondary N) is 1. The van der Waals surface area contributed by atoms with Gasteiger partial charge >= 0.3 is 0 Å². The molecule has 2 rings (SSSR count).